The molecule has 2 heterocycles. The first-order valence-electron chi connectivity index (χ1n) is 9.38. The molecule has 4 rings (SSSR count). The fourth-order valence-electron chi connectivity index (χ4n) is 4.14. The summed E-state index contributed by atoms with van der Waals surface area (Å²) in [7, 11) is 0. The Morgan fingerprint density at radius 2 is 1.58 bits per heavy atom. The summed E-state index contributed by atoms with van der Waals surface area (Å²) in [5, 5.41) is 10.6. The van der Waals surface area contributed by atoms with Gasteiger partial charge < -0.3 is 10.0 Å². The van der Waals surface area contributed by atoms with Crippen molar-refractivity contribution in [2.45, 2.75) is 18.7 Å². The van der Waals surface area contributed by atoms with E-state index in [0.717, 1.165) is 51.5 Å². The lowest BCUT2D eigenvalue weighted by Gasteiger charge is -2.39. The van der Waals surface area contributed by atoms with Gasteiger partial charge in [0.15, 0.2) is 0 Å². The number of hydrogen-bond acceptors (Lipinski definition) is 4. The number of aliphatic hydroxyl groups excluding tert-OH is 1. The van der Waals surface area contributed by atoms with Crippen LogP contribution < -0.4 is 4.90 Å². The first-order chi connectivity index (χ1) is 12.7. The van der Waals surface area contributed by atoms with E-state index >= 15 is 0 Å². The van der Waals surface area contributed by atoms with Gasteiger partial charge in [0.2, 0.25) is 0 Å². The smallest absolute Gasteiger partial charge is 0.123 e. The van der Waals surface area contributed by atoms with Crippen LogP contribution in [-0.2, 0) is 6.54 Å². The number of halogens is 1. The van der Waals surface area contributed by atoms with Crippen LogP contribution in [0.1, 0.15) is 5.56 Å². The van der Waals surface area contributed by atoms with E-state index in [-0.39, 0.29) is 18.0 Å². The third-order valence-electron chi connectivity index (χ3n) is 5.56. The minimum atomic E-state index is -0.295. The molecule has 0 bridgehead atoms. The van der Waals surface area contributed by atoms with Crippen molar-refractivity contribution in [2.75, 3.05) is 44.2 Å². The molecule has 0 aromatic heterocycles. The molecule has 2 atom stereocenters. The van der Waals surface area contributed by atoms with Gasteiger partial charge in [-0.05, 0) is 29.8 Å². The third kappa shape index (κ3) is 3.90. The van der Waals surface area contributed by atoms with E-state index in [0.29, 0.717) is 0 Å². The lowest BCUT2D eigenvalue weighted by Crippen LogP contribution is -2.53. The van der Waals surface area contributed by atoms with Crippen molar-refractivity contribution < 1.29 is 9.50 Å². The van der Waals surface area contributed by atoms with E-state index < -0.39 is 0 Å². The standard InChI is InChI=1S/C21H26FN3O/c22-18-6-8-19(9-7-18)24-10-12-25(13-11-24)20-15-23(16-21(20)26)14-17-4-2-1-3-5-17/h1-9,20-21,26H,10-16H2. The molecule has 0 aliphatic carbocycles. The molecule has 2 saturated heterocycles. The lowest BCUT2D eigenvalue weighted by molar-refractivity contribution is 0.0791. The number of hydrogen-bond donors (Lipinski definition) is 1. The molecule has 0 amide bonds. The summed E-state index contributed by atoms with van der Waals surface area (Å²) in [5.41, 5.74) is 2.37. The van der Waals surface area contributed by atoms with Gasteiger partial charge in [-0.3, -0.25) is 9.80 Å². The van der Waals surface area contributed by atoms with Crippen LogP contribution in [0.4, 0.5) is 10.1 Å². The summed E-state index contributed by atoms with van der Waals surface area (Å²) in [5.74, 6) is -0.194. The Morgan fingerprint density at radius 1 is 0.885 bits per heavy atom. The van der Waals surface area contributed by atoms with Gasteiger partial charge in [0.1, 0.15) is 5.82 Å². The highest BCUT2D eigenvalue weighted by Gasteiger charge is 2.36. The Hall–Kier alpha value is -1.95. The molecular weight excluding hydrogens is 329 g/mol. The Balaban J connectivity index is 1.32. The molecule has 0 spiro atoms. The normalized spacial score (nSPS) is 24.9. The molecule has 2 unspecified atom stereocenters. The predicted octanol–water partition coefficient (Wildman–Crippen LogP) is 2.19. The molecule has 0 radical (unpaired) electrons. The molecule has 2 aliphatic rings. The van der Waals surface area contributed by atoms with Gasteiger partial charge in [0.05, 0.1) is 6.10 Å². The maximum atomic E-state index is 13.1. The van der Waals surface area contributed by atoms with Gasteiger partial charge >= 0.3 is 0 Å². The maximum absolute atomic E-state index is 13.1. The summed E-state index contributed by atoms with van der Waals surface area (Å²) in [6, 6.07) is 17.4. The zero-order valence-electron chi connectivity index (χ0n) is 15.0. The Morgan fingerprint density at radius 3 is 2.27 bits per heavy atom. The first kappa shape index (κ1) is 17.5. The van der Waals surface area contributed by atoms with Crippen LogP contribution in [0.2, 0.25) is 0 Å². The van der Waals surface area contributed by atoms with Gasteiger partial charge in [0, 0.05) is 57.5 Å². The molecule has 26 heavy (non-hydrogen) atoms. The molecule has 2 aromatic carbocycles. The molecule has 0 saturated carbocycles. The van der Waals surface area contributed by atoms with Gasteiger partial charge in [-0.2, -0.15) is 0 Å². The lowest BCUT2D eigenvalue weighted by atomic mass is 10.1. The minimum absolute atomic E-state index is 0.194. The second-order valence-electron chi connectivity index (χ2n) is 7.31. The zero-order valence-corrected chi connectivity index (χ0v) is 15.0. The van der Waals surface area contributed by atoms with Crippen molar-refractivity contribution in [3.63, 3.8) is 0 Å². The van der Waals surface area contributed by atoms with Crippen LogP contribution in [0.3, 0.4) is 0 Å². The van der Waals surface area contributed by atoms with Crippen molar-refractivity contribution in [2.24, 2.45) is 0 Å². The minimum Gasteiger partial charge on any atom is -0.390 e. The second kappa shape index (κ2) is 7.74. The van der Waals surface area contributed by atoms with Crippen LogP contribution in [0.15, 0.2) is 54.6 Å². The molecule has 1 N–H and O–H groups in total. The second-order valence-corrected chi connectivity index (χ2v) is 7.31. The van der Waals surface area contributed by atoms with Crippen LogP contribution in [0.5, 0.6) is 0 Å². The highest BCUT2D eigenvalue weighted by Crippen LogP contribution is 2.22. The number of β-amino-alcohol motifs (C(OH)–C–C–N with tert-alkyl or cyclic N) is 1. The van der Waals surface area contributed by atoms with Gasteiger partial charge in [0.25, 0.3) is 0 Å². The van der Waals surface area contributed by atoms with Crippen LogP contribution in [0, 0.1) is 5.82 Å². The van der Waals surface area contributed by atoms with Crippen LogP contribution in [-0.4, -0.2) is 66.3 Å². The van der Waals surface area contributed by atoms with Gasteiger partial charge in [-0.1, -0.05) is 30.3 Å². The highest BCUT2D eigenvalue weighted by molar-refractivity contribution is 5.46. The number of benzene rings is 2. The summed E-state index contributed by atoms with van der Waals surface area (Å²) in [4.78, 5) is 7.05. The quantitative estimate of drug-likeness (QED) is 0.911. The van der Waals surface area contributed by atoms with E-state index in [1.807, 2.05) is 18.2 Å². The summed E-state index contributed by atoms with van der Waals surface area (Å²) >= 11 is 0. The predicted molar refractivity (Wildman–Crippen MR) is 102 cm³/mol. The average molecular weight is 355 g/mol. The van der Waals surface area contributed by atoms with Crippen LogP contribution in [0.25, 0.3) is 0 Å². The number of rotatable bonds is 4. The highest BCUT2D eigenvalue weighted by atomic mass is 19.1. The van der Waals surface area contributed by atoms with E-state index in [2.05, 4.69) is 39.0 Å². The Kier molecular flexibility index (Phi) is 5.20. The fourth-order valence-corrected chi connectivity index (χ4v) is 4.14. The van der Waals surface area contributed by atoms with Crippen molar-refractivity contribution in [3.8, 4) is 0 Å². The van der Waals surface area contributed by atoms with E-state index in [4.69, 9.17) is 0 Å². The maximum Gasteiger partial charge on any atom is 0.123 e. The Bertz CT molecular complexity index is 701. The number of piperazine rings is 1. The van der Waals surface area contributed by atoms with E-state index in [1.54, 1.807) is 0 Å². The summed E-state index contributed by atoms with van der Waals surface area (Å²) in [6.45, 7) is 6.21. The number of nitrogens with zero attached hydrogens (tertiary/aromatic N) is 3. The van der Waals surface area contributed by atoms with E-state index in [1.165, 1.54) is 17.7 Å². The molecule has 138 valence electrons. The number of aliphatic hydroxyl groups is 1. The molecule has 5 heteroatoms. The molecule has 2 aromatic rings. The van der Waals surface area contributed by atoms with E-state index in [9.17, 15) is 9.50 Å². The van der Waals surface area contributed by atoms with Gasteiger partial charge in [-0.15, -0.1) is 0 Å². The summed E-state index contributed by atoms with van der Waals surface area (Å²) < 4.78 is 13.1. The van der Waals surface area contributed by atoms with Crippen molar-refractivity contribution in [1.82, 2.24) is 9.80 Å². The van der Waals surface area contributed by atoms with Gasteiger partial charge in [-0.25, -0.2) is 4.39 Å². The van der Waals surface area contributed by atoms with Crippen molar-refractivity contribution in [1.29, 1.82) is 0 Å². The van der Waals surface area contributed by atoms with Crippen molar-refractivity contribution in [3.05, 3.63) is 66.0 Å². The average Bonchev–Trinajstić information content (AvgIpc) is 3.03. The molecule has 4 nitrogen and oxygen atoms in total. The van der Waals surface area contributed by atoms with Crippen molar-refractivity contribution >= 4 is 5.69 Å². The number of likely N-dealkylation sites (tertiary alicyclic amines) is 1. The third-order valence-corrected chi connectivity index (χ3v) is 5.56. The summed E-state index contributed by atoms with van der Waals surface area (Å²) in [6.07, 6.45) is -0.295. The zero-order chi connectivity index (χ0) is 17.9. The fraction of sp³-hybridized carbons (Fsp3) is 0.429. The van der Waals surface area contributed by atoms with Crippen LogP contribution >= 0.6 is 0 Å². The SMILES string of the molecule is OC1CN(Cc2ccccc2)CC1N1CCN(c2ccc(F)cc2)CC1. The number of anilines is 1. The molecule has 2 fully saturated rings. The largest absolute Gasteiger partial charge is 0.390 e. The molecule has 2 aliphatic heterocycles. The topological polar surface area (TPSA) is 30.0 Å². The monoisotopic (exact) mass is 355 g/mol. The molecular formula is C21H26FN3O. The Labute approximate surface area is 154 Å². The first-order valence-corrected chi connectivity index (χ1v) is 9.38.